The Morgan fingerprint density at radius 2 is 1.77 bits per heavy atom. The van der Waals surface area contributed by atoms with Gasteiger partial charge >= 0.3 is 0 Å². The number of ether oxygens (including phenoxy) is 2. The molecule has 0 amide bonds. The van der Waals surface area contributed by atoms with Crippen LogP contribution in [-0.4, -0.2) is 81.0 Å². The van der Waals surface area contributed by atoms with Gasteiger partial charge in [-0.1, -0.05) is 18.2 Å². The third-order valence-electron chi connectivity index (χ3n) is 8.11. The van der Waals surface area contributed by atoms with Gasteiger partial charge in [0.2, 0.25) is 0 Å². The van der Waals surface area contributed by atoms with Gasteiger partial charge in [0.15, 0.2) is 5.82 Å². The third kappa shape index (κ3) is 7.49. The molecule has 1 fully saturated rings. The number of nitrogens with one attached hydrogen (secondary N) is 1. The summed E-state index contributed by atoms with van der Waals surface area (Å²) in [5.41, 5.74) is 1.74. The number of aryl methyl sites for hydroxylation is 1. The molecule has 0 aliphatic carbocycles. The average molecular weight is 651 g/mol. The molecule has 10 nitrogen and oxygen atoms in total. The number of para-hydroxylation sites is 1. The summed E-state index contributed by atoms with van der Waals surface area (Å²) in [6.45, 7) is 2.86. The highest BCUT2D eigenvalue weighted by molar-refractivity contribution is 5.92. The van der Waals surface area contributed by atoms with E-state index in [4.69, 9.17) is 24.5 Å². The zero-order chi connectivity index (χ0) is 32.9. The molecule has 1 saturated heterocycles. The monoisotopic (exact) mass is 650 g/mol. The van der Waals surface area contributed by atoms with Crippen molar-refractivity contribution >= 4 is 22.5 Å². The molecule has 0 spiro atoms. The number of methoxy groups -OCH3 is 1. The van der Waals surface area contributed by atoms with E-state index in [1.807, 2.05) is 24.3 Å². The van der Waals surface area contributed by atoms with Gasteiger partial charge < -0.3 is 14.8 Å². The number of likely N-dealkylation sites (tertiary alicyclic amines) is 1. The van der Waals surface area contributed by atoms with Crippen LogP contribution in [-0.2, 0) is 11.3 Å². The second-order valence-electron chi connectivity index (χ2n) is 11.3. The van der Waals surface area contributed by atoms with Gasteiger partial charge in [-0.2, -0.15) is 5.10 Å². The van der Waals surface area contributed by atoms with Crippen LogP contribution in [0.5, 0.6) is 5.75 Å². The number of halogens is 4. The molecular formula is C33H34F4N8O2. The highest BCUT2D eigenvalue weighted by atomic mass is 19.3. The molecule has 3 aromatic heterocycles. The smallest absolute Gasteiger partial charge is 0.251 e. The number of aromatic nitrogens is 6. The summed E-state index contributed by atoms with van der Waals surface area (Å²) in [5, 5.41) is 8.75. The largest absolute Gasteiger partial charge is 0.491 e. The molecule has 6 rings (SSSR count). The number of hydrogen-bond acceptors (Lipinski definition) is 9. The molecule has 0 bridgehead atoms. The van der Waals surface area contributed by atoms with Crippen LogP contribution in [0.3, 0.4) is 0 Å². The molecule has 0 saturated carbocycles. The average Bonchev–Trinajstić information content (AvgIpc) is 3.41. The second-order valence-corrected chi connectivity index (χ2v) is 11.3. The van der Waals surface area contributed by atoms with Gasteiger partial charge in [-0.3, -0.25) is 9.58 Å². The van der Waals surface area contributed by atoms with Gasteiger partial charge in [-0.05, 0) is 50.9 Å². The quantitative estimate of drug-likeness (QED) is 0.126. The number of fused-ring (bicyclic) bond motifs is 1. The number of alkyl halides is 2. The molecule has 1 N–H and O–H groups in total. The van der Waals surface area contributed by atoms with Crippen molar-refractivity contribution in [1.82, 2.24) is 34.6 Å². The second kappa shape index (κ2) is 14.4. The lowest BCUT2D eigenvalue weighted by Crippen LogP contribution is -2.36. The van der Waals surface area contributed by atoms with Gasteiger partial charge in [-0.15, -0.1) is 0 Å². The summed E-state index contributed by atoms with van der Waals surface area (Å²) in [4.78, 5) is 20.0. The molecule has 2 aromatic carbocycles. The first-order chi connectivity index (χ1) is 22.8. The summed E-state index contributed by atoms with van der Waals surface area (Å²) < 4.78 is 68.1. The number of nitrogens with zero attached hydrogens (tertiary/aromatic N) is 7. The Labute approximate surface area is 268 Å². The topological polar surface area (TPSA) is 103 Å². The normalized spacial score (nSPS) is 14.3. The summed E-state index contributed by atoms with van der Waals surface area (Å²) >= 11 is 0. The van der Waals surface area contributed by atoms with Gasteiger partial charge in [0.25, 0.3) is 6.43 Å². The predicted molar refractivity (Wildman–Crippen MR) is 168 cm³/mol. The first-order valence-electron chi connectivity index (χ1n) is 15.3. The minimum Gasteiger partial charge on any atom is -0.491 e. The van der Waals surface area contributed by atoms with Crippen LogP contribution in [0, 0.1) is 18.6 Å². The summed E-state index contributed by atoms with van der Waals surface area (Å²) in [5.74, 6) is 0.509. The molecule has 246 valence electrons. The van der Waals surface area contributed by atoms with E-state index >= 15 is 8.78 Å². The fourth-order valence-electron chi connectivity index (χ4n) is 5.79. The lowest BCUT2D eigenvalue weighted by molar-refractivity contribution is 0.0754. The summed E-state index contributed by atoms with van der Waals surface area (Å²) in [6, 6.07) is 11.3. The first kappa shape index (κ1) is 32.3. The van der Waals surface area contributed by atoms with E-state index in [-0.39, 0.29) is 43.5 Å². The number of anilines is 2. The molecule has 1 aliphatic rings. The fourth-order valence-corrected chi connectivity index (χ4v) is 5.79. The molecule has 4 heterocycles. The molecule has 47 heavy (non-hydrogen) atoms. The van der Waals surface area contributed by atoms with Crippen molar-refractivity contribution in [2.45, 2.75) is 38.7 Å². The van der Waals surface area contributed by atoms with Gasteiger partial charge in [-0.25, -0.2) is 37.5 Å². The zero-order valence-electron chi connectivity index (χ0n) is 26.0. The number of piperidine rings is 1. The highest BCUT2D eigenvalue weighted by Gasteiger charge is 2.27. The van der Waals surface area contributed by atoms with E-state index in [9.17, 15) is 8.78 Å². The third-order valence-corrected chi connectivity index (χ3v) is 8.11. The van der Waals surface area contributed by atoms with Crippen molar-refractivity contribution in [2.24, 2.45) is 0 Å². The Morgan fingerprint density at radius 3 is 2.49 bits per heavy atom. The van der Waals surface area contributed by atoms with Crippen LogP contribution < -0.4 is 10.1 Å². The first-order valence-corrected chi connectivity index (χ1v) is 15.3. The van der Waals surface area contributed by atoms with Crippen molar-refractivity contribution in [3.63, 3.8) is 0 Å². The molecule has 5 aromatic rings. The maximum Gasteiger partial charge on any atom is 0.251 e. The molecule has 14 heteroatoms. The predicted octanol–water partition coefficient (Wildman–Crippen LogP) is 6.13. The molecule has 0 radical (unpaired) electrons. The van der Waals surface area contributed by atoms with Crippen LogP contribution in [0.1, 0.15) is 35.7 Å². The maximum atomic E-state index is 15.2. The SMILES string of the molecule is COCCOc1cc(F)c(Cn2nc(-c3ncc(C4CCN(CC(F)F)CC4)c(Nc4ccnc(C)n4)n3)c3ccccc32)c(F)c1. The van der Waals surface area contributed by atoms with E-state index in [0.717, 1.165) is 17.7 Å². The Bertz CT molecular complexity index is 1820. The molecule has 1 aliphatic heterocycles. The van der Waals surface area contributed by atoms with E-state index < -0.39 is 18.1 Å². The van der Waals surface area contributed by atoms with Crippen molar-refractivity contribution in [3.05, 3.63) is 83.4 Å². The Hall–Kier alpha value is -4.69. The lowest BCUT2D eigenvalue weighted by atomic mass is 9.90. The highest BCUT2D eigenvalue weighted by Crippen LogP contribution is 2.35. The van der Waals surface area contributed by atoms with E-state index in [0.29, 0.717) is 65.8 Å². The maximum absolute atomic E-state index is 15.2. The van der Waals surface area contributed by atoms with Crippen molar-refractivity contribution in [1.29, 1.82) is 0 Å². The van der Waals surface area contributed by atoms with Crippen LogP contribution in [0.2, 0.25) is 0 Å². The van der Waals surface area contributed by atoms with E-state index in [1.54, 1.807) is 30.3 Å². The van der Waals surface area contributed by atoms with Crippen molar-refractivity contribution in [3.8, 4) is 17.3 Å². The van der Waals surface area contributed by atoms with E-state index in [2.05, 4.69) is 15.3 Å². The lowest BCUT2D eigenvalue weighted by Gasteiger charge is -2.32. The Balaban J connectivity index is 1.34. The van der Waals surface area contributed by atoms with Crippen molar-refractivity contribution < 1.29 is 27.0 Å². The minimum absolute atomic E-state index is 0.0325. The summed E-state index contributed by atoms with van der Waals surface area (Å²) in [7, 11) is 1.51. The van der Waals surface area contributed by atoms with Crippen LogP contribution in [0.4, 0.5) is 29.2 Å². The van der Waals surface area contributed by atoms with Crippen LogP contribution in [0.25, 0.3) is 22.4 Å². The molecule has 0 unspecified atom stereocenters. The molecule has 0 atom stereocenters. The van der Waals surface area contributed by atoms with Crippen molar-refractivity contribution in [2.75, 3.05) is 45.3 Å². The van der Waals surface area contributed by atoms with Gasteiger partial charge in [0.1, 0.15) is 47.1 Å². The Kier molecular flexibility index (Phi) is 9.87. The van der Waals surface area contributed by atoms with E-state index in [1.165, 1.54) is 11.8 Å². The number of rotatable bonds is 12. The number of hydrogen-bond donors (Lipinski definition) is 1. The molecular weight excluding hydrogens is 616 g/mol. The van der Waals surface area contributed by atoms with Crippen LogP contribution >= 0.6 is 0 Å². The van der Waals surface area contributed by atoms with Gasteiger partial charge in [0, 0.05) is 48.1 Å². The number of benzene rings is 2. The van der Waals surface area contributed by atoms with Crippen LogP contribution in [0.15, 0.2) is 54.9 Å². The Morgan fingerprint density at radius 1 is 1.00 bits per heavy atom. The fraction of sp³-hybridized carbons (Fsp3) is 0.364. The van der Waals surface area contributed by atoms with Gasteiger partial charge in [0.05, 0.1) is 25.2 Å². The standard InChI is InChI=1S/C33H34F4N8O2/c1-20-38-10-7-30(40-20)41-32-24(21-8-11-44(12-9-21)19-29(36)37)17-39-33(42-32)31-23-5-3-4-6-28(23)45(43-31)18-25-26(34)15-22(16-27(25)35)47-14-13-46-2/h3-7,10,15-17,21,29H,8-9,11-14,18-19H2,1-2H3,(H,38,39,40,41,42). The minimum atomic E-state index is -2.38. The summed E-state index contributed by atoms with van der Waals surface area (Å²) in [6.07, 6.45) is 2.33. The zero-order valence-corrected chi connectivity index (χ0v) is 26.0.